The first-order valence-electron chi connectivity index (χ1n) is 4.16. The molecule has 1 aromatic rings. The quantitative estimate of drug-likeness (QED) is 0.523. The van der Waals surface area contributed by atoms with Gasteiger partial charge in [0.15, 0.2) is 0 Å². The topological polar surface area (TPSA) is 84.3 Å². The molecule has 0 unspecified atom stereocenters. The Bertz CT molecular complexity index is 253. The molecular formula is C9H16ClN3O. The van der Waals surface area contributed by atoms with Gasteiger partial charge in [0, 0.05) is 12.1 Å². The molecule has 4 nitrogen and oxygen atoms in total. The van der Waals surface area contributed by atoms with Gasteiger partial charge in [-0.3, -0.25) is 16.8 Å². The van der Waals surface area contributed by atoms with E-state index in [1.54, 1.807) is 0 Å². The van der Waals surface area contributed by atoms with Crippen molar-refractivity contribution >= 4 is 12.4 Å². The van der Waals surface area contributed by atoms with E-state index in [9.17, 15) is 0 Å². The van der Waals surface area contributed by atoms with Crippen LogP contribution in [-0.2, 0) is 5.79 Å². The molecule has 0 bridgehead atoms. The highest BCUT2D eigenvalue weighted by Crippen LogP contribution is 2.07. The molecule has 0 saturated carbocycles. The zero-order valence-electron chi connectivity index (χ0n) is 7.81. The molecule has 0 fully saturated rings. The predicted molar refractivity (Wildman–Crippen MR) is 58.8 cm³/mol. The van der Waals surface area contributed by atoms with E-state index in [1.165, 1.54) is 0 Å². The van der Waals surface area contributed by atoms with E-state index in [0.29, 0.717) is 6.54 Å². The number of hydrogen-bond acceptors (Lipinski definition) is 4. The fourth-order valence-corrected chi connectivity index (χ4v) is 1.08. The molecule has 0 spiro atoms. The van der Waals surface area contributed by atoms with Gasteiger partial charge in [0.25, 0.3) is 0 Å². The van der Waals surface area contributed by atoms with Crippen molar-refractivity contribution in [3.63, 3.8) is 0 Å². The van der Waals surface area contributed by atoms with E-state index in [1.807, 2.05) is 30.3 Å². The van der Waals surface area contributed by atoms with Crippen LogP contribution >= 0.6 is 12.4 Å². The van der Waals surface area contributed by atoms with E-state index in [4.69, 9.17) is 16.6 Å². The normalized spacial score (nSPS) is 10.8. The summed E-state index contributed by atoms with van der Waals surface area (Å²) in [6, 6.07) is 9.30. The highest BCUT2D eigenvalue weighted by molar-refractivity contribution is 5.85. The van der Waals surface area contributed by atoms with Crippen LogP contribution in [0.25, 0.3) is 0 Å². The highest BCUT2D eigenvalue weighted by atomic mass is 35.5. The average molecular weight is 218 g/mol. The molecule has 0 aliphatic heterocycles. The number of hydrogen-bond donors (Lipinski definition) is 4. The van der Waals surface area contributed by atoms with Gasteiger partial charge < -0.3 is 5.11 Å². The van der Waals surface area contributed by atoms with Gasteiger partial charge >= 0.3 is 0 Å². The third kappa shape index (κ3) is 3.61. The number of rotatable bonds is 4. The van der Waals surface area contributed by atoms with Crippen LogP contribution in [0.1, 0.15) is 5.56 Å². The predicted octanol–water partition coefficient (Wildman–Crippen LogP) is -0.282. The molecule has 0 aliphatic carbocycles. The van der Waals surface area contributed by atoms with Crippen molar-refractivity contribution in [3.05, 3.63) is 35.9 Å². The van der Waals surface area contributed by atoms with Crippen LogP contribution in [0.3, 0.4) is 0 Å². The van der Waals surface area contributed by atoms with Crippen LogP contribution in [0.5, 0.6) is 0 Å². The third-order valence-electron chi connectivity index (χ3n) is 1.78. The van der Waals surface area contributed by atoms with Gasteiger partial charge in [0.05, 0.1) is 6.61 Å². The molecule has 0 amide bonds. The minimum atomic E-state index is -1.07. The van der Waals surface area contributed by atoms with Crippen molar-refractivity contribution in [3.8, 4) is 0 Å². The number of halogens is 1. The second kappa shape index (κ2) is 5.95. The SMILES string of the molecule is Cl.NC(N)(NCCO)c1ccccc1. The summed E-state index contributed by atoms with van der Waals surface area (Å²) in [6.45, 7) is 0.394. The lowest BCUT2D eigenvalue weighted by molar-refractivity contribution is 0.257. The standard InChI is InChI=1S/C9H15N3O.ClH/c10-9(11,12-6-7-13)8-4-2-1-3-5-8;/h1-5,12-13H,6-7,10-11H2;1H. The molecule has 0 saturated heterocycles. The highest BCUT2D eigenvalue weighted by Gasteiger charge is 2.19. The molecule has 1 rings (SSSR count). The molecule has 1 aromatic carbocycles. The van der Waals surface area contributed by atoms with Crippen molar-refractivity contribution in [2.75, 3.05) is 13.2 Å². The Balaban J connectivity index is 0.00000169. The molecule has 0 atom stereocenters. The molecule has 0 heterocycles. The van der Waals surface area contributed by atoms with Crippen LogP contribution in [0, 0.1) is 0 Å². The molecule has 0 radical (unpaired) electrons. The summed E-state index contributed by atoms with van der Waals surface area (Å²) < 4.78 is 0. The van der Waals surface area contributed by atoms with Gasteiger partial charge in [-0.1, -0.05) is 30.3 Å². The summed E-state index contributed by atoms with van der Waals surface area (Å²) >= 11 is 0. The van der Waals surface area contributed by atoms with Gasteiger partial charge in [0.1, 0.15) is 5.79 Å². The van der Waals surface area contributed by atoms with Gasteiger partial charge in [-0.25, -0.2) is 0 Å². The Morgan fingerprint density at radius 1 is 1.21 bits per heavy atom. The summed E-state index contributed by atoms with van der Waals surface area (Å²) in [5.41, 5.74) is 12.4. The van der Waals surface area contributed by atoms with E-state index in [2.05, 4.69) is 5.32 Å². The zero-order chi connectivity index (χ0) is 9.73. The number of nitrogens with one attached hydrogen (secondary N) is 1. The lowest BCUT2D eigenvalue weighted by Gasteiger charge is -2.26. The molecular weight excluding hydrogens is 202 g/mol. The maximum Gasteiger partial charge on any atom is 0.145 e. The maximum atomic E-state index is 8.60. The first-order valence-corrected chi connectivity index (χ1v) is 4.16. The minimum absolute atomic E-state index is 0. The number of nitrogens with two attached hydrogens (primary N) is 2. The second-order valence-electron chi connectivity index (χ2n) is 2.89. The van der Waals surface area contributed by atoms with Crippen LogP contribution in [0.4, 0.5) is 0 Å². The lowest BCUT2D eigenvalue weighted by atomic mass is 10.1. The average Bonchev–Trinajstić information content (AvgIpc) is 2.16. The summed E-state index contributed by atoms with van der Waals surface area (Å²) in [7, 11) is 0. The smallest absolute Gasteiger partial charge is 0.145 e. The summed E-state index contributed by atoms with van der Waals surface area (Å²) in [5, 5.41) is 11.4. The molecule has 14 heavy (non-hydrogen) atoms. The summed E-state index contributed by atoms with van der Waals surface area (Å²) in [6.07, 6.45) is 0. The fourth-order valence-electron chi connectivity index (χ4n) is 1.08. The van der Waals surface area contributed by atoms with Crippen LogP contribution in [0.2, 0.25) is 0 Å². The first kappa shape index (κ1) is 13.4. The van der Waals surface area contributed by atoms with Gasteiger partial charge in [0.2, 0.25) is 0 Å². The van der Waals surface area contributed by atoms with E-state index < -0.39 is 5.79 Å². The second-order valence-corrected chi connectivity index (χ2v) is 2.89. The monoisotopic (exact) mass is 217 g/mol. The molecule has 6 N–H and O–H groups in total. The van der Waals surface area contributed by atoms with Crippen molar-refractivity contribution in [2.45, 2.75) is 5.79 Å². The Hall–Kier alpha value is -0.650. The Morgan fingerprint density at radius 2 is 1.79 bits per heavy atom. The van der Waals surface area contributed by atoms with Crippen molar-refractivity contribution in [2.24, 2.45) is 11.5 Å². The van der Waals surface area contributed by atoms with Gasteiger partial charge in [-0.05, 0) is 0 Å². The van der Waals surface area contributed by atoms with Crippen molar-refractivity contribution in [1.82, 2.24) is 5.32 Å². The number of benzene rings is 1. The fraction of sp³-hybridized carbons (Fsp3) is 0.333. The number of aliphatic hydroxyl groups is 1. The number of aliphatic hydroxyl groups excluding tert-OH is 1. The van der Waals surface area contributed by atoms with Crippen LogP contribution in [0.15, 0.2) is 30.3 Å². The van der Waals surface area contributed by atoms with E-state index in [0.717, 1.165) is 5.56 Å². The largest absolute Gasteiger partial charge is 0.395 e. The maximum absolute atomic E-state index is 8.60. The first-order chi connectivity index (χ1) is 6.17. The van der Waals surface area contributed by atoms with Crippen LogP contribution in [-0.4, -0.2) is 18.3 Å². The Kier molecular flexibility index (Phi) is 5.68. The van der Waals surface area contributed by atoms with E-state index >= 15 is 0 Å². The van der Waals surface area contributed by atoms with Crippen molar-refractivity contribution in [1.29, 1.82) is 0 Å². The Labute approximate surface area is 89.7 Å². The van der Waals surface area contributed by atoms with Crippen molar-refractivity contribution < 1.29 is 5.11 Å². The zero-order valence-corrected chi connectivity index (χ0v) is 8.63. The minimum Gasteiger partial charge on any atom is -0.395 e. The van der Waals surface area contributed by atoms with E-state index in [-0.39, 0.29) is 19.0 Å². The molecule has 0 aromatic heterocycles. The summed E-state index contributed by atoms with van der Waals surface area (Å²) in [5.74, 6) is -1.07. The molecule has 5 heteroatoms. The molecule has 0 aliphatic rings. The molecule has 80 valence electrons. The lowest BCUT2D eigenvalue weighted by Crippen LogP contribution is -2.58. The van der Waals surface area contributed by atoms with Gasteiger partial charge in [-0.15, -0.1) is 12.4 Å². The third-order valence-corrected chi connectivity index (χ3v) is 1.78. The summed E-state index contributed by atoms with van der Waals surface area (Å²) in [4.78, 5) is 0. The van der Waals surface area contributed by atoms with Crippen LogP contribution < -0.4 is 16.8 Å². The van der Waals surface area contributed by atoms with Gasteiger partial charge in [-0.2, -0.15) is 0 Å². The Morgan fingerprint density at radius 3 is 2.29 bits per heavy atom.